The van der Waals surface area contributed by atoms with Crippen LogP contribution in [0.4, 0.5) is 0 Å². The molecule has 0 aliphatic heterocycles. The molecule has 272 valence electrons. The number of esters is 2. The van der Waals surface area contributed by atoms with Crippen LogP contribution >= 0.6 is 15.9 Å². The first-order chi connectivity index (χ1) is 23.9. The molecule has 0 N–H and O–H groups in total. The minimum Gasteiger partial charge on any atom is -0.488 e. The lowest BCUT2D eigenvalue weighted by molar-refractivity contribution is -0.155. The summed E-state index contributed by atoms with van der Waals surface area (Å²) in [7, 11) is 0. The molecule has 0 spiro atoms. The van der Waals surface area contributed by atoms with E-state index in [0.717, 1.165) is 64.5 Å². The number of carbonyl (C=O) groups excluding carboxylic acids is 2. The first kappa shape index (κ1) is 40.5. The molecular weight excluding hydrogens is 688 g/mol. The number of carbonyl (C=O) groups is 2. The Morgan fingerprint density at radius 3 is 1.51 bits per heavy atom. The van der Waals surface area contributed by atoms with E-state index in [9.17, 15) is 9.59 Å². The van der Waals surface area contributed by atoms with Crippen molar-refractivity contribution < 1.29 is 38.0 Å². The summed E-state index contributed by atoms with van der Waals surface area (Å²) in [6.07, 6.45) is 9.84. The molecule has 3 aromatic rings. The number of halogens is 1. The zero-order chi connectivity index (χ0) is 35.3. The molecule has 2 atom stereocenters. The fraction of sp³-hybridized carbons (Fsp3) is 0.600. The number of fused-ring (bicyclic) bond motifs is 2. The van der Waals surface area contributed by atoms with Crippen molar-refractivity contribution in [1.82, 2.24) is 0 Å². The van der Waals surface area contributed by atoms with E-state index >= 15 is 0 Å². The largest absolute Gasteiger partial charge is 0.488 e. The van der Waals surface area contributed by atoms with E-state index in [2.05, 4.69) is 29.8 Å². The molecule has 49 heavy (non-hydrogen) atoms. The molecule has 0 saturated heterocycles. The Bertz CT molecular complexity index is 1410. The van der Waals surface area contributed by atoms with Gasteiger partial charge in [0.2, 0.25) is 0 Å². The maximum Gasteiger partial charge on any atom is 0.306 e. The Morgan fingerprint density at radius 1 is 0.571 bits per heavy atom. The van der Waals surface area contributed by atoms with Crippen molar-refractivity contribution in [3.63, 3.8) is 0 Å². The maximum atomic E-state index is 12.5. The van der Waals surface area contributed by atoms with Gasteiger partial charge in [-0.25, -0.2) is 0 Å². The molecule has 0 heterocycles. The highest BCUT2D eigenvalue weighted by Gasteiger charge is 2.22. The second-order valence-corrected chi connectivity index (χ2v) is 13.4. The van der Waals surface area contributed by atoms with Crippen LogP contribution in [0, 0.1) is 0 Å². The van der Waals surface area contributed by atoms with Crippen LogP contribution < -0.4 is 9.47 Å². The molecule has 0 aliphatic carbocycles. The standard InChI is InChI=1S/C40H57BrO8/c1-5-9-11-15-23-44-26-31(48-37(42)17-7-3)28-46-39-33-19-13-14-20-34(33)40(36-25-30(41)21-22-35(36)39)47-29-32(49-38(43)18-8-4)27-45-24-16-12-10-6-2/h13-14,19-22,25,31-32H,5-12,15-18,23-24,26-29H2,1-4H3. The predicted octanol–water partition coefficient (Wildman–Crippen LogP) is 10.1. The monoisotopic (exact) mass is 744 g/mol. The Kier molecular flexibility index (Phi) is 19.5. The van der Waals surface area contributed by atoms with Gasteiger partial charge in [0.15, 0.2) is 12.2 Å². The number of hydrogen-bond donors (Lipinski definition) is 0. The van der Waals surface area contributed by atoms with Gasteiger partial charge in [0.25, 0.3) is 0 Å². The molecule has 0 bridgehead atoms. The third kappa shape index (κ3) is 14.1. The summed E-state index contributed by atoms with van der Waals surface area (Å²) in [5.41, 5.74) is 0. The van der Waals surface area contributed by atoms with Gasteiger partial charge in [0.05, 0.1) is 13.2 Å². The molecule has 2 unspecified atom stereocenters. The lowest BCUT2D eigenvalue weighted by Crippen LogP contribution is -2.30. The topological polar surface area (TPSA) is 89.5 Å². The van der Waals surface area contributed by atoms with E-state index in [1.807, 2.05) is 56.3 Å². The van der Waals surface area contributed by atoms with E-state index in [-0.39, 0.29) is 38.4 Å². The molecule has 0 saturated carbocycles. The number of ether oxygens (including phenoxy) is 6. The van der Waals surface area contributed by atoms with E-state index in [1.54, 1.807) is 0 Å². The normalized spacial score (nSPS) is 12.6. The maximum absolute atomic E-state index is 12.5. The van der Waals surface area contributed by atoms with Gasteiger partial charge in [-0.05, 0) is 43.9 Å². The van der Waals surface area contributed by atoms with E-state index < -0.39 is 12.2 Å². The molecule has 0 aliphatic rings. The summed E-state index contributed by atoms with van der Waals surface area (Å²) in [4.78, 5) is 25.0. The van der Waals surface area contributed by atoms with Crippen molar-refractivity contribution in [2.24, 2.45) is 0 Å². The van der Waals surface area contributed by atoms with Crippen LogP contribution in [0.25, 0.3) is 21.5 Å². The highest BCUT2D eigenvalue weighted by molar-refractivity contribution is 9.10. The number of benzene rings is 3. The summed E-state index contributed by atoms with van der Waals surface area (Å²) < 4.78 is 37.5. The SMILES string of the molecule is CCCCCCOCC(COc1c2ccccc2c(OCC(COCCCCCC)OC(=O)CCC)c2cc(Br)ccc12)OC(=O)CCC. The van der Waals surface area contributed by atoms with Gasteiger partial charge >= 0.3 is 11.9 Å². The van der Waals surface area contributed by atoms with Crippen LogP contribution in [0.1, 0.15) is 105 Å². The Labute approximate surface area is 301 Å². The highest BCUT2D eigenvalue weighted by Crippen LogP contribution is 2.44. The van der Waals surface area contributed by atoms with Crippen molar-refractivity contribution in [2.75, 3.05) is 39.6 Å². The molecule has 3 rings (SSSR count). The quantitative estimate of drug-likeness (QED) is 0.0456. The van der Waals surface area contributed by atoms with Crippen LogP contribution in [0.15, 0.2) is 46.9 Å². The van der Waals surface area contributed by atoms with Gasteiger partial charge < -0.3 is 28.4 Å². The van der Waals surface area contributed by atoms with Gasteiger partial charge in [0.1, 0.15) is 24.7 Å². The Hall–Kier alpha value is -2.88. The van der Waals surface area contributed by atoms with Crippen molar-refractivity contribution in [3.8, 4) is 11.5 Å². The summed E-state index contributed by atoms with van der Waals surface area (Å²) >= 11 is 3.64. The average Bonchev–Trinajstić information content (AvgIpc) is 3.09. The van der Waals surface area contributed by atoms with Crippen molar-refractivity contribution in [3.05, 3.63) is 46.9 Å². The molecule has 3 aromatic carbocycles. The van der Waals surface area contributed by atoms with Crippen LogP contribution in [-0.4, -0.2) is 63.8 Å². The molecular formula is C40H57BrO8. The van der Waals surface area contributed by atoms with Gasteiger partial charge in [0, 0.05) is 52.1 Å². The first-order valence-electron chi connectivity index (χ1n) is 18.4. The van der Waals surface area contributed by atoms with E-state index in [1.165, 1.54) is 12.8 Å². The van der Waals surface area contributed by atoms with Crippen molar-refractivity contribution in [1.29, 1.82) is 0 Å². The number of unbranched alkanes of at least 4 members (excludes halogenated alkanes) is 6. The average molecular weight is 746 g/mol. The lowest BCUT2D eigenvalue weighted by atomic mass is 10.0. The van der Waals surface area contributed by atoms with Crippen molar-refractivity contribution >= 4 is 49.4 Å². The predicted molar refractivity (Wildman–Crippen MR) is 200 cm³/mol. The van der Waals surface area contributed by atoms with Crippen LogP contribution in [0.2, 0.25) is 0 Å². The molecule has 0 fully saturated rings. The van der Waals surface area contributed by atoms with E-state index in [4.69, 9.17) is 28.4 Å². The van der Waals surface area contributed by atoms with Crippen molar-refractivity contribution in [2.45, 2.75) is 117 Å². The Morgan fingerprint density at radius 2 is 1.04 bits per heavy atom. The summed E-state index contributed by atoms with van der Waals surface area (Å²) in [6, 6.07) is 13.9. The van der Waals surface area contributed by atoms with Gasteiger partial charge in [-0.1, -0.05) is 106 Å². The molecule has 0 radical (unpaired) electrons. The molecule has 9 heteroatoms. The second-order valence-electron chi connectivity index (χ2n) is 12.5. The smallest absolute Gasteiger partial charge is 0.306 e. The van der Waals surface area contributed by atoms with E-state index in [0.29, 0.717) is 50.4 Å². The minimum absolute atomic E-state index is 0.140. The van der Waals surface area contributed by atoms with Crippen LogP contribution in [0.3, 0.4) is 0 Å². The zero-order valence-electron chi connectivity index (χ0n) is 30.1. The third-order valence-electron chi connectivity index (χ3n) is 8.11. The Balaban J connectivity index is 1.87. The zero-order valence-corrected chi connectivity index (χ0v) is 31.7. The third-order valence-corrected chi connectivity index (χ3v) is 8.60. The van der Waals surface area contributed by atoms with Crippen LogP contribution in [-0.2, 0) is 28.5 Å². The fourth-order valence-corrected chi connectivity index (χ4v) is 5.92. The van der Waals surface area contributed by atoms with Gasteiger partial charge in [-0.3, -0.25) is 9.59 Å². The molecule has 0 amide bonds. The first-order valence-corrected chi connectivity index (χ1v) is 19.1. The number of rotatable bonds is 26. The lowest BCUT2D eigenvalue weighted by Gasteiger charge is -2.23. The second kappa shape index (κ2) is 23.5. The van der Waals surface area contributed by atoms with Gasteiger partial charge in [-0.15, -0.1) is 0 Å². The highest BCUT2D eigenvalue weighted by atomic mass is 79.9. The molecule has 0 aromatic heterocycles. The minimum atomic E-state index is -0.553. The summed E-state index contributed by atoms with van der Waals surface area (Å²) in [5, 5.41) is 3.41. The van der Waals surface area contributed by atoms with Crippen LogP contribution in [0.5, 0.6) is 11.5 Å². The number of hydrogen-bond acceptors (Lipinski definition) is 8. The summed E-state index contributed by atoms with van der Waals surface area (Å²) in [5.74, 6) is 0.824. The fourth-order valence-electron chi connectivity index (χ4n) is 5.56. The summed E-state index contributed by atoms with van der Waals surface area (Å²) in [6.45, 7) is 10.3. The van der Waals surface area contributed by atoms with Gasteiger partial charge in [-0.2, -0.15) is 0 Å². The molecule has 8 nitrogen and oxygen atoms in total.